The van der Waals surface area contributed by atoms with Crippen molar-refractivity contribution in [2.45, 2.75) is 110 Å². The number of aliphatic carboxylic acids is 3. The molecule has 0 spiro atoms. The van der Waals surface area contributed by atoms with E-state index >= 15 is 0 Å². The van der Waals surface area contributed by atoms with E-state index in [0.29, 0.717) is 0 Å². The first kappa shape index (κ1) is 38.5. The third kappa shape index (κ3) is 9.24. The molecule has 0 aliphatic heterocycles. The first-order valence-corrected chi connectivity index (χ1v) is 11.5. The molecule has 3 rings (SSSR count). The molecular weight excluding hydrogens is 567 g/mol. The molecule has 3 saturated carbocycles. The Morgan fingerprint density at radius 1 is 0.425 bits per heavy atom. The molecule has 0 radical (unpaired) electrons. The molecule has 0 unspecified atom stereocenters. The Balaban J connectivity index is 0.000000563. The molecule has 0 aromatic rings. The second kappa shape index (κ2) is 14.6. The number of hydrogen-bond acceptors (Lipinski definition) is 18. The molecule has 3 fully saturated rings. The number of carboxylic acid groups (broad SMARTS) is 3. The van der Waals surface area contributed by atoms with Gasteiger partial charge >= 0.3 is 17.4 Å². The summed E-state index contributed by atoms with van der Waals surface area (Å²) in [5.41, 5.74) is -6.76. The van der Waals surface area contributed by atoms with Gasteiger partial charge in [0.15, 0.2) is 0 Å². The number of carbonyl (C=O) groups is 3. The zero-order valence-corrected chi connectivity index (χ0v) is 22.0. The Morgan fingerprint density at radius 2 is 0.550 bits per heavy atom. The largest absolute Gasteiger partial charge is 3.00 e. The van der Waals surface area contributed by atoms with Crippen molar-refractivity contribution < 1.29 is 91.0 Å². The summed E-state index contributed by atoms with van der Waals surface area (Å²) in [5, 5.41) is 141. The van der Waals surface area contributed by atoms with Gasteiger partial charge in [-0.3, -0.25) is 0 Å². The molecule has 0 aromatic carbocycles. The molecule has 6 atom stereocenters. The van der Waals surface area contributed by atoms with E-state index < -0.39 is 128 Å². The predicted octanol–water partition coefficient (Wildman–Crippen LogP) is -11.3. The topological polar surface area (TPSA) is 363 Å². The van der Waals surface area contributed by atoms with Gasteiger partial charge in [-0.25, -0.2) is 0 Å². The second-order valence-electron chi connectivity index (χ2n) is 10.1. The first-order valence-electron chi connectivity index (χ1n) is 11.5. The van der Waals surface area contributed by atoms with Gasteiger partial charge in [-0.1, -0.05) is 0 Å². The molecule has 40 heavy (non-hydrogen) atoms. The molecule has 18 nitrogen and oxygen atoms in total. The molecule has 3 aliphatic rings. The number of carboxylic acids is 3. The number of rotatable bonds is 3. The maximum Gasteiger partial charge on any atom is 3.00 e. The quantitative estimate of drug-likeness (QED) is 0.134. The van der Waals surface area contributed by atoms with E-state index in [2.05, 4.69) is 0 Å². The summed E-state index contributed by atoms with van der Waals surface area (Å²) < 4.78 is 0. The number of aliphatic hydroxyl groups excluding tert-OH is 9. The molecule has 0 aromatic heterocycles. The van der Waals surface area contributed by atoms with Crippen molar-refractivity contribution >= 4 is 35.3 Å². The Kier molecular flexibility index (Phi) is 14.0. The average molecular weight is 600 g/mol. The normalized spacial score (nSPS) is 44.9. The van der Waals surface area contributed by atoms with Crippen LogP contribution in [-0.4, -0.2) is 168 Å². The van der Waals surface area contributed by atoms with Crippen molar-refractivity contribution in [3.8, 4) is 0 Å². The molecule has 228 valence electrons. The summed E-state index contributed by atoms with van der Waals surface area (Å²) in [6.07, 6.45) is -16.2. The fraction of sp³-hybridized carbons (Fsp3) is 0.857. The molecule has 0 bridgehead atoms. The van der Waals surface area contributed by atoms with Crippen molar-refractivity contribution in [3.05, 3.63) is 0 Å². The minimum absolute atomic E-state index is 0. The van der Waals surface area contributed by atoms with Crippen molar-refractivity contribution in [1.29, 1.82) is 0 Å². The standard InChI is InChI=1S/3C7H12O6.Al/c3*8-3-1-7(13,6(11)12)2-4(9)5(3)10;/h3*3-5,8-10,13H,1-2H2,(H,11,12);/q;;;+3/p-3/t3*3-,4-,5?,7?;/m111./s1. The maximum atomic E-state index is 10.4. The smallest absolute Gasteiger partial charge is 0.547 e. The van der Waals surface area contributed by atoms with Gasteiger partial charge in [0.1, 0.15) is 35.1 Å². The van der Waals surface area contributed by atoms with Crippen LogP contribution in [0, 0.1) is 0 Å². The third-order valence-corrected chi connectivity index (χ3v) is 6.79. The van der Waals surface area contributed by atoms with Gasteiger partial charge in [-0.15, -0.1) is 0 Å². The molecule has 0 amide bonds. The summed E-state index contributed by atoms with van der Waals surface area (Å²) in [6, 6.07) is 0. The van der Waals surface area contributed by atoms with E-state index in [4.69, 9.17) is 46.0 Å². The molecule has 19 heteroatoms. The van der Waals surface area contributed by atoms with Crippen molar-refractivity contribution in [2.24, 2.45) is 0 Å². The van der Waals surface area contributed by atoms with Crippen LogP contribution in [0.1, 0.15) is 38.5 Å². The summed E-state index contributed by atoms with van der Waals surface area (Å²) in [5.74, 6) is -5.26. The van der Waals surface area contributed by atoms with Gasteiger partial charge in [-0.2, -0.15) is 0 Å². The van der Waals surface area contributed by atoms with E-state index in [0.717, 1.165) is 0 Å². The van der Waals surface area contributed by atoms with Crippen LogP contribution in [0.25, 0.3) is 0 Å². The minimum Gasteiger partial charge on any atom is -0.547 e. The van der Waals surface area contributed by atoms with E-state index in [-0.39, 0.29) is 17.4 Å². The Labute approximate surface area is 236 Å². The average Bonchev–Trinajstić information content (AvgIpc) is 2.80. The molecule has 0 saturated heterocycles. The third-order valence-electron chi connectivity index (χ3n) is 6.79. The van der Waals surface area contributed by atoms with E-state index in [1.807, 2.05) is 0 Å². The Bertz CT molecular complexity index is 725. The van der Waals surface area contributed by atoms with Crippen LogP contribution in [0.4, 0.5) is 0 Å². The Morgan fingerprint density at radius 3 is 0.650 bits per heavy atom. The van der Waals surface area contributed by atoms with Crippen LogP contribution in [0.15, 0.2) is 0 Å². The number of aliphatic hydroxyl groups is 12. The van der Waals surface area contributed by atoms with Crippen molar-refractivity contribution in [1.82, 2.24) is 0 Å². The van der Waals surface area contributed by atoms with Crippen LogP contribution in [0.2, 0.25) is 0 Å². The Hall–Kier alpha value is -1.54. The summed E-state index contributed by atoms with van der Waals surface area (Å²) in [7, 11) is 0. The van der Waals surface area contributed by atoms with Gasteiger partial charge < -0.3 is 91.0 Å². The summed E-state index contributed by atoms with van der Waals surface area (Å²) in [4.78, 5) is 31.2. The molecular formula is C21H33AlO18. The SMILES string of the molecule is O=C([O-])C1(O)C[C@@H](O)C(O)[C@H](O)C1.O=C([O-])C1(O)C[C@@H](O)C(O)[C@H](O)C1.O=C([O-])C1(O)C[C@@H](O)C(O)[C@H](O)C1.[Al+3]. The van der Waals surface area contributed by atoms with Gasteiger partial charge in [0.05, 0.1) is 54.5 Å². The summed E-state index contributed by atoms with van der Waals surface area (Å²) >= 11 is 0. The zero-order chi connectivity index (χ0) is 30.7. The first-order chi connectivity index (χ1) is 17.6. The minimum atomic E-state index is -2.25. The van der Waals surface area contributed by atoms with Crippen LogP contribution in [0.5, 0.6) is 0 Å². The van der Waals surface area contributed by atoms with Crippen molar-refractivity contribution in [2.75, 3.05) is 0 Å². The van der Waals surface area contributed by atoms with E-state index in [1.54, 1.807) is 0 Å². The second-order valence-corrected chi connectivity index (χ2v) is 10.1. The monoisotopic (exact) mass is 600 g/mol. The van der Waals surface area contributed by atoms with Gasteiger partial charge in [0.2, 0.25) is 0 Å². The fourth-order valence-corrected chi connectivity index (χ4v) is 4.32. The van der Waals surface area contributed by atoms with E-state index in [9.17, 15) is 45.0 Å². The number of carbonyl (C=O) groups excluding carboxylic acids is 3. The maximum absolute atomic E-state index is 10.4. The summed E-state index contributed by atoms with van der Waals surface area (Å²) in [6.45, 7) is 0. The molecule has 3 aliphatic carbocycles. The predicted molar refractivity (Wildman–Crippen MR) is 117 cm³/mol. The van der Waals surface area contributed by atoms with Gasteiger partial charge in [-0.05, 0) is 0 Å². The zero-order valence-electron chi connectivity index (χ0n) is 20.8. The fourth-order valence-electron chi connectivity index (χ4n) is 4.32. The van der Waals surface area contributed by atoms with E-state index in [1.165, 1.54) is 0 Å². The van der Waals surface area contributed by atoms with Crippen LogP contribution >= 0.6 is 0 Å². The van der Waals surface area contributed by atoms with Gasteiger partial charge in [0.25, 0.3) is 0 Å². The molecule has 0 heterocycles. The van der Waals surface area contributed by atoms with Crippen molar-refractivity contribution in [3.63, 3.8) is 0 Å². The van der Waals surface area contributed by atoms with Gasteiger partial charge in [0, 0.05) is 38.5 Å². The van der Waals surface area contributed by atoms with Crippen LogP contribution < -0.4 is 15.3 Å². The van der Waals surface area contributed by atoms with Crippen LogP contribution in [-0.2, 0) is 14.4 Å². The van der Waals surface area contributed by atoms with Crippen LogP contribution in [0.3, 0.4) is 0 Å². The molecule has 12 N–H and O–H groups in total. The number of hydrogen-bond donors (Lipinski definition) is 12.